The molecule has 2 heterocycles. The van der Waals surface area contributed by atoms with Crippen molar-refractivity contribution in [3.05, 3.63) is 72.1 Å². The molecule has 1 aromatic heterocycles. The number of hydrogen-bond donors (Lipinski definition) is 2. The zero-order valence-electron chi connectivity index (χ0n) is 15.4. The standard InChI is InChI=1S/C21H27N5/c1-2-22-21(24-13-11-19-9-3-4-12-23-19)25-17-18-8-7-10-20(16-18)26-14-5-6-15-26/h3-10,12,16H,2,11,13-15,17H2,1H3,(H2,22,24,25). The lowest BCUT2D eigenvalue weighted by Gasteiger charge is -2.18. The molecule has 1 aromatic carbocycles. The summed E-state index contributed by atoms with van der Waals surface area (Å²) in [4.78, 5) is 11.4. The maximum atomic E-state index is 4.72. The van der Waals surface area contributed by atoms with Gasteiger partial charge in [-0.1, -0.05) is 30.4 Å². The van der Waals surface area contributed by atoms with Crippen LogP contribution in [0.4, 0.5) is 5.69 Å². The van der Waals surface area contributed by atoms with Crippen LogP contribution in [-0.4, -0.2) is 37.1 Å². The van der Waals surface area contributed by atoms with E-state index in [1.54, 1.807) is 0 Å². The van der Waals surface area contributed by atoms with Gasteiger partial charge in [-0.2, -0.15) is 0 Å². The molecule has 2 N–H and O–H groups in total. The molecule has 0 fully saturated rings. The van der Waals surface area contributed by atoms with Crippen molar-refractivity contribution >= 4 is 11.6 Å². The van der Waals surface area contributed by atoms with E-state index in [4.69, 9.17) is 4.99 Å². The molecule has 5 nitrogen and oxygen atoms in total. The number of rotatable bonds is 7. The van der Waals surface area contributed by atoms with Crippen molar-refractivity contribution in [3.63, 3.8) is 0 Å². The molecular formula is C21H27N5. The van der Waals surface area contributed by atoms with Crippen LogP contribution in [-0.2, 0) is 13.0 Å². The Hall–Kier alpha value is -2.82. The van der Waals surface area contributed by atoms with Gasteiger partial charge >= 0.3 is 0 Å². The van der Waals surface area contributed by atoms with Gasteiger partial charge in [0.05, 0.1) is 6.54 Å². The van der Waals surface area contributed by atoms with E-state index in [1.807, 2.05) is 24.4 Å². The second kappa shape index (κ2) is 9.61. The van der Waals surface area contributed by atoms with Crippen LogP contribution in [0.25, 0.3) is 0 Å². The molecule has 0 saturated heterocycles. The highest BCUT2D eigenvalue weighted by atomic mass is 15.2. The highest BCUT2D eigenvalue weighted by Crippen LogP contribution is 2.18. The Morgan fingerprint density at radius 3 is 2.77 bits per heavy atom. The van der Waals surface area contributed by atoms with Crippen molar-refractivity contribution < 1.29 is 0 Å². The van der Waals surface area contributed by atoms with Gasteiger partial charge in [-0.05, 0) is 36.8 Å². The summed E-state index contributed by atoms with van der Waals surface area (Å²) in [5, 5.41) is 6.69. The first-order valence-electron chi connectivity index (χ1n) is 9.26. The number of nitrogens with zero attached hydrogens (tertiary/aromatic N) is 3. The van der Waals surface area contributed by atoms with Crippen molar-refractivity contribution in [1.82, 2.24) is 15.6 Å². The highest BCUT2D eigenvalue weighted by Gasteiger charge is 2.07. The minimum absolute atomic E-state index is 0.661. The average molecular weight is 349 g/mol. The number of nitrogens with one attached hydrogen (secondary N) is 2. The van der Waals surface area contributed by atoms with E-state index in [0.717, 1.165) is 44.3 Å². The summed E-state index contributed by atoms with van der Waals surface area (Å²) in [6.45, 7) is 6.37. The second-order valence-corrected chi connectivity index (χ2v) is 6.24. The molecular weight excluding hydrogens is 322 g/mol. The smallest absolute Gasteiger partial charge is 0.191 e. The summed E-state index contributed by atoms with van der Waals surface area (Å²) < 4.78 is 0. The summed E-state index contributed by atoms with van der Waals surface area (Å²) in [7, 11) is 0. The number of benzene rings is 1. The van der Waals surface area contributed by atoms with Gasteiger partial charge in [-0.15, -0.1) is 0 Å². The molecule has 0 atom stereocenters. The summed E-state index contributed by atoms with van der Waals surface area (Å²) >= 11 is 0. The molecule has 0 unspecified atom stereocenters. The zero-order chi connectivity index (χ0) is 18.0. The molecule has 26 heavy (non-hydrogen) atoms. The van der Waals surface area contributed by atoms with Crippen LogP contribution in [0.1, 0.15) is 18.2 Å². The third kappa shape index (κ3) is 5.34. The summed E-state index contributed by atoms with van der Waals surface area (Å²) in [5.74, 6) is 0.844. The number of pyridine rings is 1. The van der Waals surface area contributed by atoms with Crippen molar-refractivity contribution in [1.29, 1.82) is 0 Å². The van der Waals surface area contributed by atoms with Gasteiger partial charge in [-0.3, -0.25) is 4.98 Å². The van der Waals surface area contributed by atoms with Gasteiger partial charge in [0.15, 0.2) is 5.96 Å². The topological polar surface area (TPSA) is 52.6 Å². The summed E-state index contributed by atoms with van der Waals surface area (Å²) in [5.41, 5.74) is 3.56. The van der Waals surface area contributed by atoms with E-state index >= 15 is 0 Å². The average Bonchev–Trinajstić information content (AvgIpc) is 3.22. The fourth-order valence-electron chi connectivity index (χ4n) is 2.91. The molecule has 3 rings (SSSR count). The van der Waals surface area contributed by atoms with Crippen LogP contribution < -0.4 is 15.5 Å². The predicted octanol–water partition coefficient (Wildman–Crippen LogP) is 2.76. The molecule has 1 aliphatic rings. The maximum absolute atomic E-state index is 4.72. The number of guanidine groups is 1. The largest absolute Gasteiger partial charge is 0.364 e. The molecule has 136 valence electrons. The molecule has 2 aromatic rings. The third-order valence-electron chi connectivity index (χ3n) is 4.26. The van der Waals surface area contributed by atoms with E-state index in [0.29, 0.717) is 6.54 Å². The van der Waals surface area contributed by atoms with Gasteiger partial charge in [0.2, 0.25) is 0 Å². The van der Waals surface area contributed by atoms with E-state index in [9.17, 15) is 0 Å². The van der Waals surface area contributed by atoms with Gasteiger partial charge in [0.25, 0.3) is 0 Å². The Kier molecular flexibility index (Phi) is 6.65. The first-order chi connectivity index (χ1) is 12.8. The molecule has 0 aliphatic carbocycles. The monoisotopic (exact) mass is 349 g/mol. The Morgan fingerprint density at radius 1 is 1.12 bits per heavy atom. The van der Waals surface area contributed by atoms with E-state index in [1.165, 1.54) is 11.3 Å². The molecule has 0 bridgehead atoms. The zero-order valence-corrected chi connectivity index (χ0v) is 15.4. The van der Waals surface area contributed by atoms with Crippen LogP contribution in [0.5, 0.6) is 0 Å². The van der Waals surface area contributed by atoms with Crippen molar-refractivity contribution in [2.24, 2.45) is 4.99 Å². The lowest BCUT2D eigenvalue weighted by molar-refractivity contribution is 0.788. The van der Waals surface area contributed by atoms with Crippen LogP contribution in [0, 0.1) is 0 Å². The fraction of sp³-hybridized carbons (Fsp3) is 0.333. The molecule has 0 radical (unpaired) electrons. The number of aromatic nitrogens is 1. The maximum Gasteiger partial charge on any atom is 0.191 e. The van der Waals surface area contributed by atoms with Crippen molar-refractivity contribution in [2.75, 3.05) is 31.1 Å². The van der Waals surface area contributed by atoms with Crippen LogP contribution >= 0.6 is 0 Å². The fourth-order valence-corrected chi connectivity index (χ4v) is 2.91. The molecule has 1 aliphatic heterocycles. The molecule has 0 amide bonds. The number of hydrogen-bond acceptors (Lipinski definition) is 3. The van der Waals surface area contributed by atoms with Crippen LogP contribution in [0.3, 0.4) is 0 Å². The lowest BCUT2D eigenvalue weighted by Crippen LogP contribution is -2.38. The van der Waals surface area contributed by atoms with Gasteiger partial charge in [0.1, 0.15) is 0 Å². The number of anilines is 1. The van der Waals surface area contributed by atoms with Crippen molar-refractivity contribution in [3.8, 4) is 0 Å². The first kappa shape index (κ1) is 18.0. The quantitative estimate of drug-likeness (QED) is 0.458. The van der Waals surface area contributed by atoms with Gasteiger partial charge < -0.3 is 15.5 Å². The lowest BCUT2D eigenvalue weighted by atomic mass is 10.2. The second-order valence-electron chi connectivity index (χ2n) is 6.24. The highest BCUT2D eigenvalue weighted by molar-refractivity contribution is 5.79. The summed E-state index contributed by atoms with van der Waals surface area (Å²) in [6.07, 6.45) is 7.12. The first-order valence-corrected chi connectivity index (χ1v) is 9.26. The summed E-state index contributed by atoms with van der Waals surface area (Å²) in [6, 6.07) is 14.6. The third-order valence-corrected chi connectivity index (χ3v) is 4.26. The Balaban J connectivity index is 1.55. The van der Waals surface area contributed by atoms with Gasteiger partial charge in [-0.25, -0.2) is 4.99 Å². The molecule has 0 saturated carbocycles. The Bertz CT molecular complexity index is 731. The minimum Gasteiger partial charge on any atom is -0.364 e. The normalized spacial score (nSPS) is 13.9. The van der Waals surface area contributed by atoms with Gasteiger partial charge in [0, 0.05) is 50.2 Å². The predicted molar refractivity (Wildman–Crippen MR) is 109 cm³/mol. The van der Waals surface area contributed by atoms with E-state index in [2.05, 4.69) is 63.9 Å². The van der Waals surface area contributed by atoms with Crippen LogP contribution in [0.15, 0.2) is 65.8 Å². The SMILES string of the molecule is CCNC(=NCc1cccc(N2CC=CC2)c1)NCCc1ccccn1. The van der Waals surface area contributed by atoms with E-state index < -0.39 is 0 Å². The van der Waals surface area contributed by atoms with E-state index in [-0.39, 0.29) is 0 Å². The molecule has 0 spiro atoms. The molecule has 5 heteroatoms. The Morgan fingerprint density at radius 2 is 2.00 bits per heavy atom. The van der Waals surface area contributed by atoms with Crippen molar-refractivity contribution in [2.45, 2.75) is 19.9 Å². The Labute approximate surface area is 155 Å². The number of aliphatic imine (C=N–C) groups is 1. The minimum atomic E-state index is 0.661. The van der Waals surface area contributed by atoms with Crippen LogP contribution in [0.2, 0.25) is 0 Å².